The minimum absolute atomic E-state index is 0.0238. The second kappa shape index (κ2) is 3.36. The first-order chi connectivity index (χ1) is 3.56. The van der Waals surface area contributed by atoms with Gasteiger partial charge in [0.2, 0.25) is 0 Å². The molecule has 0 aromatic heterocycles. The maximum atomic E-state index is 5.12. The first-order valence-electron chi connectivity index (χ1n) is 2.86. The Hall–Kier alpha value is 0.310. The van der Waals surface area contributed by atoms with Crippen LogP contribution in [0.4, 0.5) is 0 Å². The van der Waals surface area contributed by atoms with Crippen molar-refractivity contribution in [1.29, 1.82) is 0 Å². The molecule has 0 aromatic rings. The van der Waals surface area contributed by atoms with Crippen molar-refractivity contribution < 1.29 is 4.74 Å². The third-order valence-electron chi connectivity index (χ3n) is 0.659. The van der Waals surface area contributed by atoms with Gasteiger partial charge in [0.05, 0.1) is 6.61 Å². The van der Waals surface area contributed by atoms with Gasteiger partial charge in [0.15, 0.2) is 0 Å². The van der Waals surface area contributed by atoms with Gasteiger partial charge in [0.25, 0.3) is 0 Å². The highest BCUT2D eigenvalue weighted by molar-refractivity contribution is 7.81. The van der Waals surface area contributed by atoms with Crippen LogP contribution in [0.2, 0.25) is 0 Å². The molecular formula is C6H14OS. The minimum atomic E-state index is 0.0238. The lowest BCUT2D eigenvalue weighted by Crippen LogP contribution is -2.18. The molecule has 50 valence electrons. The van der Waals surface area contributed by atoms with Gasteiger partial charge in [-0.15, -0.1) is 0 Å². The second-order valence-corrected chi connectivity index (χ2v) is 3.66. The normalized spacial score (nSPS) is 12.0. The number of ether oxygens (including phenoxy) is 1. The highest BCUT2D eigenvalue weighted by Crippen LogP contribution is 2.10. The molecule has 0 rings (SSSR count). The zero-order valence-electron chi connectivity index (χ0n) is 5.77. The highest BCUT2D eigenvalue weighted by Gasteiger charge is 2.09. The summed E-state index contributed by atoms with van der Waals surface area (Å²) in [6, 6.07) is 0. The number of thiol groups is 1. The Morgan fingerprint density at radius 1 is 1.50 bits per heavy atom. The molecule has 0 heterocycles. The van der Waals surface area contributed by atoms with Crippen molar-refractivity contribution in [2.24, 2.45) is 0 Å². The van der Waals surface area contributed by atoms with Crippen molar-refractivity contribution in [1.82, 2.24) is 0 Å². The van der Waals surface area contributed by atoms with Gasteiger partial charge < -0.3 is 4.74 Å². The molecule has 0 unspecified atom stereocenters. The molecule has 0 amide bonds. The fourth-order valence-corrected chi connectivity index (χ4v) is 0.443. The van der Waals surface area contributed by atoms with Crippen LogP contribution in [-0.4, -0.2) is 18.0 Å². The van der Waals surface area contributed by atoms with Gasteiger partial charge in [-0.3, -0.25) is 0 Å². The average Bonchev–Trinajstić information content (AvgIpc) is 1.59. The number of hydrogen-bond donors (Lipinski definition) is 1. The van der Waals surface area contributed by atoms with E-state index in [-0.39, 0.29) is 4.75 Å². The van der Waals surface area contributed by atoms with Crippen molar-refractivity contribution in [3.63, 3.8) is 0 Å². The summed E-state index contributed by atoms with van der Waals surface area (Å²) in [4.78, 5) is 0. The molecule has 0 bridgehead atoms. The Kier molecular flexibility index (Phi) is 3.49. The van der Waals surface area contributed by atoms with Crippen molar-refractivity contribution in [2.45, 2.75) is 25.5 Å². The van der Waals surface area contributed by atoms with E-state index in [0.29, 0.717) is 0 Å². The van der Waals surface area contributed by atoms with Crippen LogP contribution in [0.25, 0.3) is 0 Å². The van der Waals surface area contributed by atoms with Crippen LogP contribution in [0.5, 0.6) is 0 Å². The monoisotopic (exact) mass is 134 g/mol. The highest BCUT2D eigenvalue weighted by atomic mass is 32.1. The predicted octanol–water partition coefficient (Wildman–Crippen LogP) is 1.73. The van der Waals surface area contributed by atoms with Crippen LogP contribution in [0.15, 0.2) is 0 Å². The van der Waals surface area contributed by atoms with E-state index in [1.54, 1.807) is 0 Å². The van der Waals surface area contributed by atoms with Gasteiger partial charge in [-0.1, -0.05) is 0 Å². The van der Waals surface area contributed by atoms with Crippen LogP contribution in [0.1, 0.15) is 20.8 Å². The summed E-state index contributed by atoms with van der Waals surface area (Å²) in [5.74, 6) is 0. The Morgan fingerprint density at radius 2 is 2.00 bits per heavy atom. The zero-order valence-corrected chi connectivity index (χ0v) is 6.66. The van der Waals surface area contributed by atoms with Crippen LogP contribution in [0, 0.1) is 0 Å². The van der Waals surface area contributed by atoms with E-state index in [9.17, 15) is 0 Å². The molecule has 0 aromatic carbocycles. The van der Waals surface area contributed by atoms with E-state index in [1.807, 2.05) is 20.8 Å². The minimum Gasteiger partial charge on any atom is -0.380 e. The summed E-state index contributed by atoms with van der Waals surface area (Å²) < 4.78 is 5.15. The molecule has 0 atom stereocenters. The number of hydrogen-bond acceptors (Lipinski definition) is 2. The zero-order chi connectivity index (χ0) is 6.62. The quantitative estimate of drug-likeness (QED) is 0.578. The van der Waals surface area contributed by atoms with Crippen LogP contribution < -0.4 is 0 Å². The molecule has 0 radical (unpaired) electrons. The summed E-state index contributed by atoms with van der Waals surface area (Å²) >= 11 is 4.26. The average molecular weight is 134 g/mol. The summed E-state index contributed by atoms with van der Waals surface area (Å²) in [5, 5.41) is 0. The van der Waals surface area contributed by atoms with Gasteiger partial charge in [0.1, 0.15) is 0 Å². The lowest BCUT2D eigenvalue weighted by atomic mass is 10.2. The number of rotatable bonds is 3. The summed E-state index contributed by atoms with van der Waals surface area (Å²) in [6.07, 6.45) is 0. The van der Waals surface area contributed by atoms with Gasteiger partial charge in [-0.2, -0.15) is 12.6 Å². The molecule has 0 aliphatic carbocycles. The first-order valence-corrected chi connectivity index (χ1v) is 3.31. The summed E-state index contributed by atoms with van der Waals surface area (Å²) in [7, 11) is 0. The van der Waals surface area contributed by atoms with Crippen LogP contribution >= 0.6 is 12.6 Å². The molecule has 0 saturated carbocycles. The molecule has 8 heavy (non-hydrogen) atoms. The van der Waals surface area contributed by atoms with Crippen molar-refractivity contribution in [3.8, 4) is 0 Å². The Morgan fingerprint density at radius 3 is 2.12 bits per heavy atom. The van der Waals surface area contributed by atoms with Crippen LogP contribution in [-0.2, 0) is 4.74 Å². The Balaban J connectivity index is 3.11. The molecule has 0 aliphatic heterocycles. The molecular weight excluding hydrogens is 120 g/mol. The summed E-state index contributed by atoms with van der Waals surface area (Å²) in [6.45, 7) is 7.56. The molecule has 0 spiro atoms. The first kappa shape index (κ1) is 8.31. The molecule has 0 fully saturated rings. The van der Waals surface area contributed by atoms with E-state index < -0.39 is 0 Å². The lowest BCUT2D eigenvalue weighted by Gasteiger charge is -2.15. The summed E-state index contributed by atoms with van der Waals surface area (Å²) in [5.41, 5.74) is 0. The fourth-order valence-electron chi connectivity index (χ4n) is 0.352. The predicted molar refractivity (Wildman–Crippen MR) is 39.6 cm³/mol. The lowest BCUT2D eigenvalue weighted by molar-refractivity contribution is 0.132. The van der Waals surface area contributed by atoms with Gasteiger partial charge in [0, 0.05) is 11.4 Å². The maximum Gasteiger partial charge on any atom is 0.0605 e. The molecule has 0 saturated heterocycles. The van der Waals surface area contributed by atoms with E-state index in [4.69, 9.17) is 4.74 Å². The fraction of sp³-hybridized carbons (Fsp3) is 1.00. The third-order valence-corrected chi connectivity index (χ3v) is 0.789. The standard InChI is InChI=1S/C6H14OS/c1-4-7-5-6(2,3)8/h8H,4-5H2,1-3H3. The van der Waals surface area contributed by atoms with Crippen molar-refractivity contribution >= 4 is 12.6 Å². The molecule has 2 heteroatoms. The topological polar surface area (TPSA) is 9.23 Å². The van der Waals surface area contributed by atoms with E-state index >= 15 is 0 Å². The van der Waals surface area contributed by atoms with E-state index in [0.717, 1.165) is 13.2 Å². The molecule has 0 N–H and O–H groups in total. The maximum absolute atomic E-state index is 5.12. The Bertz CT molecular complexity index is 56.0. The van der Waals surface area contributed by atoms with E-state index in [1.165, 1.54) is 0 Å². The van der Waals surface area contributed by atoms with Gasteiger partial charge in [-0.25, -0.2) is 0 Å². The molecule has 0 aliphatic rings. The largest absolute Gasteiger partial charge is 0.380 e. The second-order valence-electron chi connectivity index (χ2n) is 2.45. The van der Waals surface area contributed by atoms with E-state index in [2.05, 4.69) is 12.6 Å². The van der Waals surface area contributed by atoms with Gasteiger partial charge >= 0.3 is 0 Å². The third kappa shape index (κ3) is 6.31. The van der Waals surface area contributed by atoms with Crippen molar-refractivity contribution in [2.75, 3.05) is 13.2 Å². The smallest absolute Gasteiger partial charge is 0.0605 e. The van der Waals surface area contributed by atoms with Crippen LogP contribution in [0.3, 0.4) is 0 Å². The SMILES string of the molecule is CCOCC(C)(C)S. The van der Waals surface area contributed by atoms with Gasteiger partial charge in [-0.05, 0) is 20.8 Å². The van der Waals surface area contributed by atoms with Crippen molar-refractivity contribution in [3.05, 3.63) is 0 Å². The molecule has 1 nitrogen and oxygen atoms in total. The Labute approximate surface area is 56.8 Å².